The molecule has 2 amide bonds. The zero-order chi connectivity index (χ0) is 21.1. The van der Waals surface area contributed by atoms with Gasteiger partial charge in [0.25, 0.3) is 17.5 Å². The SMILES string of the molecule is Cc1cc(C(=O)NNC(=O)c2ccc(Cl)cc2[N+](=O)[O-])c(C)n1-c1ccccc1. The van der Waals surface area contributed by atoms with Crippen molar-refractivity contribution in [1.82, 2.24) is 15.4 Å². The molecular formula is C20H17ClN4O4. The Labute approximate surface area is 171 Å². The number of nitro groups is 1. The van der Waals surface area contributed by atoms with Crippen molar-refractivity contribution in [3.8, 4) is 5.69 Å². The van der Waals surface area contributed by atoms with Gasteiger partial charge in [0.2, 0.25) is 0 Å². The fourth-order valence-electron chi connectivity index (χ4n) is 3.06. The van der Waals surface area contributed by atoms with Crippen LogP contribution in [-0.2, 0) is 0 Å². The average molecular weight is 413 g/mol. The molecule has 9 heteroatoms. The van der Waals surface area contributed by atoms with Crippen LogP contribution in [0.15, 0.2) is 54.6 Å². The van der Waals surface area contributed by atoms with E-state index in [1.54, 1.807) is 13.0 Å². The third-order valence-corrected chi connectivity index (χ3v) is 4.62. The van der Waals surface area contributed by atoms with E-state index in [0.29, 0.717) is 11.3 Å². The molecule has 0 saturated heterocycles. The number of hydrogen-bond acceptors (Lipinski definition) is 4. The maximum atomic E-state index is 12.6. The molecule has 3 rings (SSSR count). The number of aromatic nitrogens is 1. The van der Waals surface area contributed by atoms with Crippen LogP contribution in [-0.4, -0.2) is 21.3 Å². The third-order valence-electron chi connectivity index (χ3n) is 4.38. The molecule has 0 aliphatic heterocycles. The Kier molecular flexibility index (Phi) is 5.65. The Morgan fingerprint density at radius 3 is 2.21 bits per heavy atom. The molecule has 148 valence electrons. The molecule has 0 saturated carbocycles. The van der Waals surface area contributed by atoms with Crippen molar-refractivity contribution >= 4 is 29.1 Å². The first-order chi connectivity index (χ1) is 13.8. The van der Waals surface area contributed by atoms with E-state index in [4.69, 9.17) is 11.6 Å². The molecule has 2 N–H and O–H groups in total. The summed E-state index contributed by atoms with van der Waals surface area (Å²) in [4.78, 5) is 35.3. The van der Waals surface area contributed by atoms with Gasteiger partial charge < -0.3 is 4.57 Å². The zero-order valence-corrected chi connectivity index (χ0v) is 16.4. The second-order valence-corrected chi connectivity index (χ2v) is 6.72. The van der Waals surface area contributed by atoms with Crippen LogP contribution in [0.2, 0.25) is 5.02 Å². The minimum atomic E-state index is -0.821. The quantitative estimate of drug-likeness (QED) is 0.503. The molecule has 0 spiro atoms. The highest BCUT2D eigenvalue weighted by Gasteiger charge is 2.22. The van der Waals surface area contributed by atoms with Crippen molar-refractivity contribution in [3.05, 3.63) is 92.2 Å². The first kappa shape index (κ1) is 20.1. The summed E-state index contributed by atoms with van der Waals surface area (Å²) in [5.74, 6) is -1.36. The molecular weight excluding hydrogens is 396 g/mol. The lowest BCUT2D eigenvalue weighted by atomic mass is 10.1. The standard InChI is InChI=1S/C20H17ClN4O4/c1-12-10-17(13(2)24(12)15-6-4-3-5-7-15)20(27)23-22-19(26)16-9-8-14(21)11-18(16)25(28)29/h3-11H,1-2H3,(H,22,26)(H,23,27). The van der Waals surface area contributed by atoms with E-state index in [1.807, 2.05) is 41.8 Å². The molecule has 29 heavy (non-hydrogen) atoms. The van der Waals surface area contributed by atoms with Crippen molar-refractivity contribution in [2.24, 2.45) is 0 Å². The number of hydrogen-bond donors (Lipinski definition) is 2. The van der Waals surface area contributed by atoms with Crippen LogP contribution in [0.1, 0.15) is 32.1 Å². The first-order valence-corrected chi connectivity index (χ1v) is 8.96. The van der Waals surface area contributed by atoms with Crippen molar-refractivity contribution < 1.29 is 14.5 Å². The fourth-order valence-corrected chi connectivity index (χ4v) is 3.23. The summed E-state index contributed by atoms with van der Waals surface area (Å²) >= 11 is 5.75. The van der Waals surface area contributed by atoms with Gasteiger partial charge in [-0.25, -0.2) is 0 Å². The lowest BCUT2D eigenvalue weighted by Crippen LogP contribution is -2.42. The topological polar surface area (TPSA) is 106 Å². The van der Waals surface area contributed by atoms with Gasteiger partial charge in [0, 0.05) is 28.2 Å². The van der Waals surface area contributed by atoms with Gasteiger partial charge in [0.05, 0.1) is 10.5 Å². The molecule has 0 radical (unpaired) electrons. The maximum Gasteiger partial charge on any atom is 0.283 e. The van der Waals surface area contributed by atoms with Gasteiger partial charge in [-0.1, -0.05) is 29.8 Å². The average Bonchev–Trinajstić information content (AvgIpc) is 3.00. The maximum absolute atomic E-state index is 12.6. The molecule has 0 aliphatic carbocycles. The van der Waals surface area contributed by atoms with E-state index in [2.05, 4.69) is 10.9 Å². The summed E-state index contributed by atoms with van der Waals surface area (Å²) < 4.78 is 1.92. The molecule has 1 aromatic heterocycles. The fraction of sp³-hybridized carbons (Fsp3) is 0.100. The monoisotopic (exact) mass is 412 g/mol. The van der Waals surface area contributed by atoms with Gasteiger partial charge in [0.15, 0.2) is 0 Å². The Morgan fingerprint density at radius 1 is 0.966 bits per heavy atom. The number of para-hydroxylation sites is 1. The molecule has 8 nitrogen and oxygen atoms in total. The second kappa shape index (κ2) is 8.15. The number of nitro benzene ring substituents is 1. The van der Waals surface area contributed by atoms with Crippen LogP contribution < -0.4 is 10.9 Å². The summed E-state index contributed by atoms with van der Waals surface area (Å²) in [5, 5.41) is 11.3. The van der Waals surface area contributed by atoms with E-state index in [-0.39, 0.29) is 10.6 Å². The van der Waals surface area contributed by atoms with Gasteiger partial charge >= 0.3 is 0 Å². The van der Waals surface area contributed by atoms with E-state index < -0.39 is 22.4 Å². The predicted octanol–water partition coefficient (Wildman–Crippen LogP) is 3.73. The molecule has 0 bridgehead atoms. The summed E-state index contributed by atoms with van der Waals surface area (Å²) in [7, 11) is 0. The highest BCUT2D eigenvalue weighted by molar-refractivity contribution is 6.31. The number of carbonyl (C=O) groups excluding carboxylic acids is 2. The van der Waals surface area contributed by atoms with Crippen molar-refractivity contribution in [2.75, 3.05) is 0 Å². The van der Waals surface area contributed by atoms with Crippen LogP contribution >= 0.6 is 11.6 Å². The Balaban J connectivity index is 1.79. The van der Waals surface area contributed by atoms with Crippen molar-refractivity contribution in [1.29, 1.82) is 0 Å². The van der Waals surface area contributed by atoms with Crippen molar-refractivity contribution in [2.45, 2.75) is 13.8 Å². The minimum absolute atomic E-state index is 0.130. The Bertz CT molecular complexity index is 1110. The number of hydrazine groups is 1. The summed E-state index contributed by atoms with van der Waals surface area (Å²) in [5.41, 5.74) is 6.67. The Morgan fingerprint density at radius 2 is 1.59 bits per heavy atom. The van der Waals surface area contributed by atoms with Crippen LogP contribution in [0, 0.1) is 24.0 Å². The lowest BCUT2D eigenvalue weighted by Gasteiger charge is -2.10. The van der Waals surface area contributed by atoms with E-state index in [0.717, 1.165) is 17.4 Å². The van der Waals surface area contributed by atoms with Gasteiger partial charge in [-0.2, -0.15) is 0 Å². The highest BCUT2D eigenvalue weighted by atomic mass is 35.5. The number of halogens is 1. The molecule has 0 unspecified atom stereocenters. The smallest absolute Gasteiger partial charge is 0.283 e. The third kappa shape index (κ3) is 4.12. The van der Waals surface area contributed by atoms with E-state index in [9.17, 15) is 19.7 Å². The van der Waals surface area contributed by atoms with Crippen LogP contribution in [0.25, 0.3) is 5.69 Å². The summed E-state index contributed by atoms with van der Waals surface area (Å²) in [6.45, 7) is 3.66. The summed E-state index contributed by atoms with van der Waals surface area (Å²) in [6, 6.07) is 14.9. The molecule has 1 heterocycles. The number of benzene rings is 2. The molecule has 0 aliphatic rings. The number of amides is 2. The second-order valence-electron chi connectivity index (χ2n) is 6.28. The molecule has 0 fully saturated rings. The molecule has 2 aromatic carbocycles. The zero-order valence-electron chi connectivity index (χ0n) is 15.6. The number of carbonyl (C=O) groups is 2. The number of nitrogens with one attached hydrogen (secondary N) is 2. The molecule has 0 atom stereocenters. The first-order valence-electron chi connectivity index (χ1n) is 8.58. The number of rotatable bonds is 4. The largest absolute Gasteiger partial charge is 0.318 e. The highest BCUT2D eigenvalue weighted by Crippen LogP contribution is 2.23. The van der Waals surface area contributed by atoms with Crippen LogP contribution in [0.4, 0.5) is 5.69 Å². The van der Waals surface area contributed by atoms with Crippen molar-refractivity contribution in [3.63, 3.8) is 0 Å². The number of aryl methyl sites for hydroxylation is 1. The normalized spacial score (nSPS) is 10.4. The van der Waals surface area contributed by atoms with Gasteiger partial charge in [-0.05, 0) is 44.2 Å². The van der Waals surface area contributed by atoms with E-state index >= 15 is 0 Å². The van der Waals surface area contributed by atoms with Gasteiger partial charge in [0.1, 0.15) is 5.56 Å². The number of nitrogens with zero attached hydrogens (tertiary/aromatic N) is 2. The molecule has 3 aromatic rings. The van der Waals surface area contributed by atoms with Crippen LogP contribution in [0.5, 0.6) is 0 Å². The van der Waals surface area contributed by atoms with Crippen LogP contribution in [0.3, 0.4) is 0 Å². The van der Waals surface area contributed by atoms with Gasteiger partial charge in [-0.3, -0.25) is 30.6 Å². The Hall–Kier alpha value is -3.65. The van der Waals surface area contributed by atoms with E-state index in [1.165, 1.54) is 12.1 Å². The summed E-state index contributed by atoms with van der Waals surface area (Å²) in [6.07, 6.45) is 0. The van der Waals surface area contributed by atoms with Gasteiger partial charge in [-0.15, -0.1) is 0 Å². The lowest BCUT2D eigenvalue weighted by molar-refractivity contribution is -0.385. The predicted molar refractivity (Wildman–Crippen MR) is 108 cm³/mol. The minimum Gasteiger partial charge on any atom is -0.318 e.